The van der Waals surface area contributed by atoms with Crippen molar-refractivity contribution in [3.63, 3.8) is 0 Å². The summed E-state index contributed by atoms with van der Waals surface area (Å²) in [5.74, 6) is 1.09. The topological polar surface area (TPSA) is 83.3 Å². The van der Waals surface area contributed by atoms with Gasteiger partial charge in [-0.25, -0.2) is 4.79 Å². The number of ether oxygens (including phenoxy) is 2. The van der Waals surface area contributed by atoms with Crippen molar-refractivity contribution in [2.75, 3.05) is 0 Å². The van der Waals surface area contributed by atoms with Gasteiger partial charge in [0, 0.05) is 12.8 Å². The lowest BCUT2D eigenvalue weighted by Gasteiger charge is -2.20. The van der Waals surface area contributed by atoms with Crippen molar-refractivity contribution < 1.29 is 19.1 Å². The Morgan fingerprint density at radius 2 is 1.41 bits per heavy atom. The van der Waals surface area contributed by atoms with E-state index in [0.717, 1.165) is 41.2 Å². The summed E-state index contributed by atoms with van der Waals surface area (Å²) >= 11 is 0. The highest BCUT2D eigenvalue weighted by Gasteiger charge is 2.21. The van der Waals surface area contributed by atoms with Crippen LogP contribution in [0.5, 0.6) is 0 Å². The summed E-state index contributed by atoms with van der Waals surface area (Å²) in [6.45, 7) is 13.9. The average Bonchev–Trinajstić information content (AvgIpc) is 3.17. The molecule has 3 aromatic rings. The molecule has 1 aromatic heterocycles. The largest absolute Gasteiger partial charge is 0.460 e. The Bertz CT molecular complexity index is 1210. The highest BCUT2D eigenvalue weighted by molar-refractivity contribution is 5.97. The number of carbonyl (C=O) groups excluding carboxylic acids is 2. The van der Waals surface area contributed by atoms with Crippen LogP contribution in [0.4, 0.5) is 0 Å². The molecule has 37 heavy (non-hydrogen) atoms. The summed E-state index contributed by atoms with van der Waals surface area (Å²) in [6.07, 6.45) is 2.47. The maximum atomic E-state index is 12.8. The summed E-state index contributed by atoms with van der Waals surface area (Å²) in [5, 5.41) is 8.77. The van der Waals surface area contributed by atoms with Crippen molar-refractivity contribution in [3.05, 3.63) is 71.3 Å². The molecule has 0 amide bonds. The predicted molar refractivity (Wildman–Crippen MR) is 144 cm³/mol. The molecule has 0 aliphatic rings. The number of esters is 2. The van der Waals surface area contributed by atoms with Gasteiger partial charge in [0.25, 0.3) is 0 Å². The molecule has 3 rings (SSSR count). The quantitative estimate of drug-likeness (QED) is 0.323. The van der Waals surface area contributed by atoms with Crippen LogP contribution in [0.15, 0.2) is 48.5 Å². The van der Waals surface area contributed by atoms with Crippen molar-refractivity contribution in [1.82, 2.24) is 14.8 Å². The number of benzene rings is 2. The fourth-order valence-corrected chi connectivity index (χ4v) is 3.97. The zero-order valence-electron chi connectivity index (χ0n) is 23.1. The maximum absolute atomic E-state index is 12.8. The summed E-state index contributed by atoms with van der Waals surface area (Å²) in [7, 11) is 0. The molecule has 0 N–H and O–H groups in total. The molecule has 0 spiro atoms. The Morgan fingerprint density at radius 1 is 0.811 bits per heavy atom. The van der Waals surface area contributed by atoms with E-state index in [9.17, 15) is 9.59 Å². The molecule has 0 saturated carbocycles. The summed E-state index contributed by atoms with van der Waals surface area (Å²) in [4.78, 5) is 25.0. The zero-order valence-corrected chi connectivity index (χ0v) is 23.1. The second kappa shape index (κ2) is 11.7. The number of rotatable bonds is 9. The minimum absolute atomic E-state index is 0.243. The smallest absolute Gasteiger partial charge is 0.339 e. The first-order valence-electron chi connectivity index (χ1n) is 12.9. The molecule has 0 aliphatic heterocycles. The molecule has 7 heteroatoms. The van der Waals surface area contributed by atoms with E-state index in [4.69, 9.17) is 9.47 Å². The van der Waals surface area contributed by atoms with Gasteiger partial charge in [-0.2, -0.15) is 0 Å². The summed E-state index contributed by atoms with van der Waals surface area (Å²) in [6, 6.07) is 15.6. The highest BCUT2D eigenvalue weighted by atomic mass is 16.6. The first-order chi connectivity index (χ1) is 17.4. The van der Waals surface area contributed by atoms with Gasteiger partial charge in [-0.3, -0.25) is 4.79 Å². The van der Waals surface area contributed by atoms with Crippen LogP contribution in [0.3, 0.4) is 0 Å². The lowest BCUT2D eigenvalue weighted by molar-refractivity contribution is -0.154. The first kappa shape index (κ1) is 28.1. The Hall–Kier alpha value is -3.48. The molecule has 0 bridgehead atoms. The number of hydrogen-bond acceptors (Lipinski definition) is 6. The van der Waals surface area contributed by atoms with Crippen LogP contribution in [0.2, 0.25) is 0 Å². The van der Waals surface area contributed by atoms with Gasteiger partial charge >= 0.3 is 11.9 Å². The molecule has 0 radical (unpaired) electrons. The number of aryl methyl sites for hydroxylation is 2. The van der Waals surface area contributed by atoms with Crippen LogP contribution < -0.4 is 0 Å². The van der Waals surface area contributed by atoms with Gasteiger partial charge in [-0.1, -0.05) is 49.4 Å². The lowest BCUT2D eigenvalue weighted by atomic mass is 9.98. The van der Waals surface area contributed by atoms with Crippen molar-refractivity contribution in [1.29, 1.82) is 0 Å². The number of hydrogen-bond donors (Lipinski definition) is 0. The van der Waals surface area contributed by atoms with Crippen LogP contribution >= 0.6 is 0 Å². The number of nitrogens with zero attached hydrogens (tertiary/aromatic N) is 3. The van der Waals surface area contributed by atoms with E-state index in [1.807, 2.05) is 71.9 Å². The van der Waals surface area contributed by atoms with Crippen molar-refractivity contribution >= 4 is 11.9 Å². The molecule has 0 saturated heterocycles. The minimum Gasteiger partial charge on any atom is -0.460 e. The predicted octanol–water partition coefficient (Wildman–Crippen LogP) is 6.18. The van der Waals surface area contributed by atoms with E-state index in [1.165, 1.54) is 0 Å². The van der Waals surface area contributed by atoms with Gasteiger partial charge in [0.15, 0.2) is 0 Å². The SMILES string of the molecule is CCCc1nnc(CCC(=O)OC(C)(C)C)n1Cc1ccc(-c2ccccc2C(=O)OC(C)(C)C)cc1. The van der Waals surface area contributed by atoms with E-state index >= 15 is 0 Å². The molecule has 2 aromatic carbocycles. The molecule has 0 unspecified atom stereocenters. The minimum atomic E-state index is -0.565. The van der Waals surface area contributed by atoms with Crippen LogP contribution in [0.25, 0.3) is 11.1 Å². The van der Waals surface area contributed by atoms with Crippen LogP contribution in [0, 0.1) is 0 Å². The van der Waals surface area contributed by atoms with Gasteiger partial charge in [0.05, 0.1) is 18.5 Å². The third-order valence-electron chi connectivity index (χ3n) is 5.50. The van der Waals surface area contributed by atoms with Gasteiger partial charge in [-0.15, -0.1) is 10.2 Å². The molecule has 0 aliphatic carbocycles. The van der Waals surface area contributed by atoms with Gasteiger partial charge < -0.3 is 14.0 Å². The van der Waals surface area contributed by atoms with Crippen molar-refractivity contribution in [3.8, 4) is 11.1 Å². The van der Waals surface area contributed by atoms with E-state index in [1.54, 1.807) is 6.07 Å². The monoisotopic (exact) mass is 505 g/mol. The number of aromatic nitrogens is 3. The standard InChI is InChI=1S/C30H39N3O4/c1-8-11-25-31-32-26(18-19-27(34)36-29(2,3)4)33(25)20-21-14-16-22(17-15-21)23-12-9-10-13-24(23)28(35)37-30(5,6)7/h9-10,12-17H,8,11,18-20H2,1-7H3. The Labute approximate surface area is 220 Å². The fourth-order valence-electron chi connectivity index (χ4n) is 3.97. The van der Waals surface area contributed by atoms with E-state index in [-0.39, 0.29) is 18.4 Å². The number of carbonyl (C=O) groups is 2. The van der Waals surface area contributed by atoms with Crippen molar-refractivity contribution in [2.24, 2.45) is 0 Å². The second-order valence-electron chi connectivity index (χ2n) is 11.2. The molecule has 198 valence electrons. The van der Waals surface area contributed by atoms with Crippen molar-refractivity contribution in [2.45, 2.75) is 91.9 Å². The highest BCUT2D eigenvalue weighted by Crippen LogP contribution is 2.26. The molecule has 7 nitrogen and oxygen atoms in total. The normalized spacial score (nSPS) is 11.9. The zero-order chi connectivity index (χ0) is 27.2. The van der Waals surface area contributed by atoms with Crippen LogP contribution in [0.1, 0.15) is 88.9 Å². The summed E-state index contributed by atoms with van der Waals surface area (Å²) < 4.78 is 13.2. The third kappa shape index (κ3) is 8.27. The van der Waals surface area contributed by atoms with E-state index in [2.05, 4.69) is 33.8 Å². The second-order valence-corrected chi connectivity index (χ2v) is 11.2. The molecular formula is C30H39N3O4. The maximum Gasteiger partial charge on any atom is 0.339 e. The Kier molecular flexibility index (Phi) is 8.89. The van der Waals surface area contributed by atoms with E-state index < -0.39 is 11.2 Å². The first-order valence-corrected chi connectivity index (χ1v) is 12.9. The van der Waals surface area contributed by atoms with Gasteiger partial charge in [0.2, 0.25) is 0 Å². The molecule has 1 heterocycles. The fraction of sp³-hybridized carbons (Fsp3) is 0.467. The molecule has 0 fully saturated rings. The van der Waals surface area contributed by atoms with E-state index in [0.29, 0.717) is 18.5 Å². The Balaban J connectivity index is 1.80. The van der Waals surface area contributed by atoms with Gasteiger partial charge in [0.1, 0.15) is 22.9 Å². The summed E-state index contributed by atoms with van der Waals surface area (Å²) in [5.41, 5.74) is 2.31. The van der Waals surface area contributed by atoms with Crippen LogP contribution in [-0.4, -0.2) is 37.9 Å². The third-order valence-corrected chi connectivity index (χ3v) is 5.50. The lowest BCUT2D eigenvalue weighted by Crippen LogP contribution is -2.24. The van der Waals surface area contributed by atoms with Crippen LogP contribution in [-0.2, 0) is 33.7 Å². The Morgan fingerprint density at radius 3 is 2.00 bits per heavy atom. The van der Waals surface area contributed by atoms with Gasteiger partial charge in [-0.05, 0) is 70.7 Å². The molecular weight excluding hydrogens is 466 g/mol. The molecule has 0 atom stereocenters. The average molecular weight is 506 g/mol.